The number of nitrogens with one attached hydrogen (secondary N) is 2. The summed E-state index contributed by atoms with van der Waals surface area (Å²) in [6, 6.07) is 4.80. The summed E-state index contributed by atoms with van der Waals surface area (Å²) in [5, 5.41) is 9.75. The van der Waals surface area contributed by atoms with Crippen LogP contribution in [0.3, 0.4) is 0 Å². The van der Waals surface area contributed by atoms with Crippen LogP contribution in [0.25, 0.3) is 11.2 Å². The molecule has 0 saturated heterocycles. The molecule has 0 unspecified atom stereocenters. The Morgan fingerprint density at radius 1 is 1.20 bits per heavy atom. The number of aryl methyl sites for hydroxylation is 1. The van der Waals surface area contributed by atoms with E-state index in [1.54, 1.807) is 42.2 Å². The Labute approximate surface area is 170 Å². The van der Waals surface area contributed by atoms with Gasteiger partial charge in [0.05, 0.1) is 12.3 Å². The maximum Gasteiger partial charge on any atom is 0.320 e. The zero-order chi connectivity index (χ0) is 20.8. The van der Waals surface area contributed by atoms with Crippen LogP contribution in [0.2, 0.25) is 0 Å². The first kappa shape index (κ1) is 18.7. The molecule has 3 aromatic rings. The lowest BCUT2D eigenvalue weighted by molar-refractivity contribution is 0.146. The molecule has 0 spiro atoms. The number of carbonyl (C=O) groups is 1. The fraction of sp³-hybridized carbons (Fsp3) is 0.286. The number of rotatable bonds is 3. The molecule has 9 heteroatoms. The molecule has 1 fully saturated rings. The van der Waals surface area contributed by atoms with E-state index < -0.39 is 11.6 Å². The highest BCUT2D eigenvalue weighted by Gasteiger charge is 2.43. The molecule has 0 bridgehead atoms. The lowest BCUT2D eigenvalue weighted by Crippen LogP contribution is -2.36. The molecule has 154 valence electrons. The minimum Gasteiger partial charge on any atom is -0.356 e. The molecular weight excluding hydrogens is 392 g/mol. The smallest absolute Gasteiger partial charge is 0.320 e. The number of fused-ring (bicyclic) bond motifs is 1. The van der Waals surface area contributed by atoms with E-state index in [1.807, 2.05) is 6.07 Å². The number of halogens is 2. The Bertz CT molecular complexity index is 1190. The third-order valence-electron chi connectivity index (χ3n) is 5.58. The summed E-state index contributed by atoms with van der Waals surface area (Å²) in [6.07, 6.45) is 5.63. The van der Waals surface area contributed by atoms with Gasteiger partial charge >= 0.3 is 6.03 Å². The maximum atomic E-state index is 14.5. The van der Waals surface area contributed by atoms with Gasteiger partial charge in [-0.15, -0.1) is 0 Å². The van der Waals surface area contributed by atoms with Crippen molar-refractivity contribution in [1.82, 2.24) is 25.2 Å². The number of hydrogen-bond donors (Lipinski definition) is 2. The van der Waals surface area contributed by atoms with Crippen molar-refractivity contribution < 1.29 is 18.3 Å². The summed E-state index contributed by atoms with van der Waals surface area (Å²) in [5.41, 5.74) is 3.59. The summed E-state index contributed by atoms with van der Waals surface area (Å²) in [5.74, 6) is -1.69. The van der Waals surface area contributed by atoms with Crippen molar-refractivity contribution in [3.63, 3.8) is 0 Å². The van der Waals surface area contributed by atoms with Crippen LogP contribution < -0.4 is 10.6 Å². The summed E-state index contributed by atoms with van der Waals surface area (Å²) in [7, 11) is 0. The number of nitrogens with zero attached hydrogens (tertiary/aromatic N) is 3. The van der Waals surface area contributed by atoms with E-state index in [1.165, 1.54) is 0 Å². The molecule has 30 heavy (non-hydrogen) atoms. The quantitative estimate of drug-likeness (QED) is 0.694. The summed E-state index contributed by atoms with van der Waals surface area (Å²) in [6.45, 7) is 1.90. The Morgan fingerprint density at radius 3 is 2.90 bits per heavy atom. The molecule has 3 heterocycles. The minimum atomic E-state index is -0.791. The highest BCUT2D eigenvalue weighted by molar-refractivity contribution is 5.78. The predicted octanol–water partition coefficient (Wildman–Crippen LogP) is 3.21. The molecule has 2 N–H and O–H groups in total. The average molecular weight is 411 g/mol. The van der Waals surface area contributed by atoms with Gasteiger partial charge in [-0.25, -0.2) is 23.1 Å². The van der Waals surface area contributed by atoms with E-state index in [4.69, 9.17) is 4.74 Å². The largest absolute Gasteiger partial charge is 0.356 e. The van der Waals surface area contributed by atoms with E-state index in [0.717, 1.165) is 5.56 Å². The molecule has 5 rings (SSSR count). The van der Waals surface area contributed by atoms with Crippen molar-refractivity contribution in [3.05, 3.63) is 70.8 Å². The van der Waals surface area contributed by atoms with Crippen LogP contribution in [0.15, 0.2) is 36.8 Å². The molecule has 1 aliphatic carbocycles. The van der Waals surface area contributed by atoms with Gasteiger partial charge in [0, 0.05) is 29.7 Å². The van der Waals surface area contributed by atoms with Gasteiger partial charge in [0.2, 0.25) is 0 Å². The van der Waals surface area contributed by atoms with Gasteiger partial charge < -0.3 is 15.4 Å². The van der Waals surface area contributed by atoms with Gasteiger partial charge in [-0.1, -0.05) is 12.1 Å². The molecule has 7 nitrogen and oxygen atoms in total. The van der Waals surface area contributed by atoms with Crippen LogP contribution in [0.5, 0.6) is 0 Å². The molecule has 1 aliphatic heterocycles. The van der Waals surface area contributed by atoms with Crippen molar-refractivity contribution in [2.45, 2.75) is 25.2 Å². The summed E-state index contributed by atoms with van der Waals surface area (Å²) in [4.78, 5) is 16.0. The number of carbonyl (C=O) groups excluding carboxylic acids is 1. The third-order valence-corrected chi connectivity index (χ3v) is 5.58. The SMILES string of the molecule is Cc1ccc([C@H]2C[C@@H]2c2cc(/C3=C/NC(=O)NCOC3)nn3ccnc23)c(F)c1F. The van der Waals surface area contributed by atoms with E-state index in [2.05, 4.69) is 20.7 Å². The minimum absolute atomic E-state index is 0.000381. The molecule has 2 atom stereocenters. The first-order valence-electron chi connectivity index (χ1n) is 9.63. The molecule has 2 aromatic heterocycles. The zero-order valence-electron chi connectivity index (χ0n) is 16.2. The fourth-order valence-electron chi connectivity index (χ4n) is 3.87. The lowest BCUT2D eigenvalue weighted by atomic mass is 10.0. The second-order valence-corrected chi connectivity index (χ2v) is 7.54. The fourth-order valence-corrected chi connectivity index (χ4v) is 3.87. The Balaban J connectivity index is 1.53. The second-order valence-electron chi connectivity index (χ2n) is 7.54. The monoisotopic (exact) mass is 411 g/mol. The number of amides is 2. The second kappa shape index (κ2) is 7.17. The normalized spacial score (nSPS) is 23.2. The first-order chi connectivity index (χ1) is 14.5. The zero-order valence-corrected chi connectivity index (χ0v) is 16.2. The summed E-state index contributed by atoms with van der Waals surface area (Å²) < 4.78 is 35.7. The first-order valence-corrected chi connectivity index (χ1v) is 9.63. The van der Waals surface area contributed by atoms with Gasteiger partial charge in [0.1, 0.15) is 6.73 Å². The van der Waals surface area contributed by atoms with Crippen LogP contribution >= 0.6 is 0 Å². The molecule has 2 aliphatic rings. The van der Waals surface area contributed by atoms with Gasteiger partial charge in [-0.2, -0.15) is 5.10 Å². The van der Waals surface area contributed by atoms with Crippen molar-refractivity contribution in [2.75, 3.05) is 13.3 Å². The van der Waals surface area contributed by atoms with Crippen molar-refractivity contribution >= 4 is 17.3 Å². The van der Waals surface area contributed by atoms with E-state index in [-0.39, 0.29) is 31.2 Å². The Kier molecular flexibility index (Phi) is 4.47. The van der Waals surface area contributed by atoms with Crippen LogP contribution in [0, 0.1) is 18.6 Å². The number of urea groups is 1. The van der Waals surface area contributed by atoms with Crippen LogP contribution in [-0.4, -0.2) is 34.0 Å². The van der Waals surface area contributed by atoms with Crippen molar-refractivity contribution in [3.8, 4) is 0 Å². The summed E-state index contributed by atoms with van der Waals surface area (Å²) >= 11 is 0. The van der Waals surface area contributed by atoms with Gasteiger partial charge in [-0.05, 0) is 42.4 Å². The van der Waals surface area contributed by atoms with Crippen LogP contribution in [-0.2, 0) is 4.74 Å². The number of aromatic nitrogens is 3. The van der Waals surface area contributed by atoms with E-state index >= 15 is 0 Å². The Morgan fingerprint density at radius 2 is 2.03 bits per heavy atom. The Hall–Kier alpha value is -3.33. The molecule has 0 radical (unpaired) electrons. The topological polar surface area (TPSA) is 80.5 Å². The maximum absolute atomic E-state index is 14.5. The lowest BCUT2D eigenvalue weighted by Gasteiger charge is -2.15. The van der Waals surface area contributed by atoms with Crippen LogP contribution in [0.1, 0.15) is 40.6 Å². The number of imidazole rings is 1. The standard InChI is InChI=1S/C21H19F2N5O2/c1-11-2-3-13(19(23)18(11)22)14-6-15(14)16-7-17(27-28-5-4-24-20(16)28)12-8-25-21(29)26-10-30-9-12/h2-5,7-8,14-15H,6,9-10H2,1H3,(H2,25,26,29)/b12-8+/t14-,15+/m1/s1. The van der Waals surface area contributed by atoms with Gasteiger partial charge in [0.15, 0.2) is 17.3 Å². The average Bonchev–Trinajstić information content (AvgIpc) is 3.35. The predicted molar refractivity (Wildman–Crippen MR) is 105 cm³/mol. The van der Waals surface area contributed by atoms with Crippen molar-refractivity contribution in [2.24, 2.45) is 0 Å². The molecule has 1 saturated carbocycles. The molecule has 2 amide bonds. The van der Waals surface area contributed by atoms with Crippen LogP contribution in [0.4, 0.5) is 13.6 Å². The van der Waals surface area contributed by atoms with E-state index in [0.29, 0.717) is 34.5 Å². The van der Waals surface area contributed by atoms with Gasteiger partial charge in [0.25, 0.3) is 0 Å². The van der Waals surface area contributed by atoms with Crippen molar-refractivity contribution in [1.29, 1.82) is 0 Å². The number of hydrogen-bond acceptors (Lipinski definition) is 4. The highest BCUT2D eigenvalue weighted by Crippen LogP contribution is 2.56. The van der Waals surface area contributed by atoms with Gasteiger partial charge in [-0.3, -0.25) is 0 Å². The third kappa shape index (κ3) is 3.21. The number of ether oxygens (including phenoxy) is 1. The van der Waals surface area contributed by atoms with E-state index in [9.17, 15) is 13.6 Å². The molecular formula is C21H19F2N5O2. The number of benzene rings is 1. The molecule has 1 aromatic carbocycles. The highest BCUT2D eigenvalue weighted by atomic mass is 19.2.